The zero-order chi connectivity index (χ0) is 11.1. The Morgan fingerprint density at radius 1 is 1.47 bits per heavy atom. The fraction of sp³-hybridized carbons (Fsp3) is 0.917. The smallest absolute Gasteiger partial charge is 0.341 e. The highest BCUT2D eigenvalue weighted by Gasteiger charge is 2.72. The summed E-state index contributed by atoms with van der Waals surface area (Å²) in [5.74, 6) is 0.605. The van der Waals surface area contributed by atoms with Gasteiger partial charge in [-0.3, -0.25) is 0 Å². The highest BCUT2D eigenvalue weighted by Crippen LogP contribution is 2.57. The predicted molar refractivity (Wildman–Crippen MR) is 56.5 cm³/mol. The molecule has 0 amide bonds. The molecule has 0 aromatic rings. The van der Waals surface area contributed by atoms with Crippen LogP contribution in [0.15, 0.2) is 0 Å². The van der Waals surface area contributed by atoms with Gasteiger partial charge < -0.3 is 9.47 Å². The Morgan fingerprint density at radius 3 is 2.60 bits per heavy atom. The van der Waals surface area contributed by atoms with Crippen LogP contribution in [0.1, 0.15) is 46.5 Å². The van der Waals surface area contributed by atoms with Gasteiger partial charge in [-0.25, -0.2) is 4.79 Å². The standard InChI is InChI=1S/C12H20O3/c1-4-12(10(13)14-5-2)11(3,15-12)8-9-6-7-9/h9H,4-8H2,1-3H3. The van der Waals surface area contributed by atoms with Crippen molar-refractivity contribution in [2.45, 2.75) is 57.7 Å². The molecule has 0 aromatic carbocycles. The minimum absolute atomic E-state index is 0.171. The largest absolute Gasteiger partial charge is 0.464 e. The summed E-state index contributed by atoms with van der Waals surface area (Å²) >= 11 is 0. The average molecular weight is 212 g/mol. The second-order valence-corrected chi connectivity index (χ2v) is 4.88. The lowest BCUT2D eigenvalue weighted by Gasteiger charge is -2.13. The van der Waals surface area contributed by atoms with Crippen LogP contribution in [0.2, 0.25) is 0 Å². The predicted octanol–water partition coefficient (Wildman–Crippen LogP) is 2.29. The van der Waals surface area contributed by atoms with Gasteiger partial charge in [-0.15, -0.1) is 0 Å². The first-order valence-electron chi connectivity index (χ1n) is 5.95. The monoisotopic (exact) mass is 212 g/mol. The van der Waals surface area contributed by atoms with E-state index in [-0.39, 0.29) is 11.6 Å². The van der Waals surface area contributed by atoms with Crippen molar-refractivity contribution >= 4 is 5.97 Å². The molecule has 2 aliphatic rings. The third-order valence-corrected chi connectivity index (χ3v) is 3.69. The Bertz CT molecular complexity index is 272. The van der Waals surface area contributed by atoms with Gasteiger partial charge in [0.25, 0.3) is 0 Å². The Kier molecular flexibility index (Phi) is 2.53. The maximum absolute atomic E-state index is 11.8. The van der Waals surface area contributed by atoms with Gasteiger partial charge in [-0.2, -0.15) is 0 Å². The molecule has 1 saturated heterocycles. The molecule has 0 radical (unpaired) electrons. The molecule has 1 heterocycles. The highest BCUT2D eigenvalue weighted by molar-refractivity contribution is 5.84. The van der Waals surface area contributed by atoms with Gasteiger partial charge in [0.1, 0.15) is 5.60 Å². The third kappa shape index (κ3) is 1.67. The molecule has 0 aromatic heterocycles. The van der Waals surface area contributed by atoms with Crippen LogP contribution >= 0.6 is 0 Å². The van der Waals surface area contributed by atoms with Crippen molar-refractivity contribution < 1.29 is 14.3 Å². The molecular formula is C12H20O3. The molecule has 0 bridgehead atoms. The summed E-state index contributed by atoms with van der Waals surface area (Å²) in [6.45, 7) is 6.31. The zero-order valence-corrected chi connectivity index (χ0v) is 9.84. The van der Waals surface area contributed by atoms with Crippen molar-refractivity contribution in [3.05, 3.63) is 0 Å². The van der Waals surface area contributed by atoms with Crippen LogP contribution in [0.25, 0.3) is 0 Å². The molecule has 1 saturated carbocycles. The molecular weight excluding hydrogens is 192 g/mol. The fourth-order valence-electron chi connectivity index (χ4n) is 2.53. The highest BCUT2D eigenvalue weighted by atomic mass is 16.7. The van der Waals surface area contributed by atoms with Crippen molar-refractivity contribution in [2.24, 2.45) is 5.92 Å². The normalized spacial score (nSPS) is 38.9. The Hall–Kier alpha value is -0.570. The summed E-state index contributed by atoms with van der Waals surface area (Å²) in [5.41, 5.74) is -0.888. The summed E-state index contributed by atoms with van der Waals surface area (Å²) in [7, 11) is 0. The van der Waals surface area contributed by atoms with Gasteiger partial charge in [0.15, 0.2) is 5.60 Å². The van der Waals surface area contributed by atoms with Crippen molar-refractivity contribution in [2.75, 3.05) is 6.61 Å². The van der Waals surface area contributed by atoms with Crippen LogP contribution in [0, 0.1) is 5.92 Å². The number of esters is 1. The van der Waals surface area contributed by atoms with E-state index in [1.54, 1.807) is 0 Å². The Balaban J connectivity index is 2.01. The van der Waals surface area contributed by atoms with E-state index < -0.39 is 5.60 Å². The molecule has 0 spiro atoms. The van der Waals surface area contributed by atoms with Gasteiger partial charge >= 0.3 is 5.97 Å². The summed E-state index contributed by atoms with van der Waals surface area (Å²) < 4.78 is 10.8. The van der Waals surface area contributed by atoms with Gasteiger partial charge in [0.2, 0.25) is 0 Å². The lowest BCUT2D eigenvalue weighted by atomic mass is 9.87. The number of rotatable bonds is 5. The van der Waals surface area contributed by atoms with E-state index in [9.17, 15) is 4.79 Å². The molecule has 15 heavy (non-hydrogen) atoms. The average Bonchev–Trinajstić information content (AvgIpc) is 3.06. The lowest BCUT2D eigenvalue weighted by Crippen LogP contribution is -2.34. The van der Waals surface area contributed by atoms with E-state index in [2.05, 4.69) is 0 Å². The van der Waals surface area contributed by atoms with Crippen molar-refractivity contribution in [3.8, 4) is 0 Å². The number of carbonyl (C=O) groups is 1. The van der Waals surface area contributed by atoms with E-state index in [0.717, 1.165) is 18.8 Å². The quantitative estimate of drug-likeness (QED) is 0.518. The van der Waals surface area contributed by atoms with Crippen LogP contribution in [-0.2, 0) is 14.3 Å². The molecule has 3 heteroatoms. The summed E-state index contributed by atoms with van der Waals surface area (Å²) in [6, 6.07) is 0. The molecule has 1 aliphatic carbocycles. The second-order valence-electron chi connectivity index (χ2n) is 4.88. The number of ether oxygens (including phenoxy) is 2. The summed E-state index contributed by atoms with van der Waals surface area (Å²) in [4.78, 5) is 11.8. The van der Waals surface area contributed by atoms with Crippen molar-refractivity contribution in [1.29, 1.82) is 0 Å². The van der Waals surface area contributed by atoms with Crippen LogP contribution in [0.4, 0.5) is 0 Å². The SMILES string of the molecule is CCOC(=O)C1(CC)OC1(C)CC1CC1. The molecule has 2 fully saturated rings. The van der Waals surface area contributed by atoms with E-state index in [4.69, 9.17) is 9.47 Å². The minimum atomic E-state index is -0.633. The van der Waals surface area contributed by atoms with Crippen molar-refractivity contribution in [3.63, 3.8) is 0 Å². The molecule has 2 rings (SSSR count). The lowest BCUT2D eigenvalue weighted by molar-refractivity contribution is -0.149. The number of hydrogen-bond acceptors (Lipinski definition) is 3. The van der Waals surface area contributed by atoms with Crippen LogP contribution < -0.4 is 0 Å². The van der Waals surface area contributed by atoms with E-state index in [0.29, 0.717) is 6.61 Å². The molecule has 2 atom stereocenters. The Morgan fingerprint density at radius 2 is 2.13 bits per heavy atom. The maximum atomic E-state index is 11.8. The van der Waals surface area contributed by atoms with Crippen molar-refractivity contribution in [1.82, 2.24) is 0 Å². The molecule has 3 nitrogen and oxygen atoms in total. The fourth-order valence-corrected chi connectivity index (χ4v) is 2.53. The number of hydrogen-bond donors (Lipinski definition) is 0. The van der Waals surface area contributed by atoms with E-state index >= 15 is 0 Å². The van der Waals surface area contributed by atoms with Crippen LogP contribution in [0.5, 0.6) is 0 Å². The van der Waals surface area contributed by atoms with Gasteiger partial charge in [0.05, 0.1) is 6.61 Å². The first kappa shape index (κ1) is 10.9. The Labute approximate surface area is 91.1 Å². The first-order valence-corrected chi connectivity index (χ1v) is 5.95. The van der Waals surface area contributed by atoms with Gasteiger partial charge in [-0.1, -0.05) is 19.8 Å². The summed E-state index contributed by atoms with van der Waals surface area (Å²) in [6.07, 6.45) is 4.32. The molecule has 2 unspecified atom stereocenters. The van der Waals surface area contributed by atoms with Crippen LogP contribution in [-0.4, -0.2) is 23.8 Å². The first-order chi connectivity index (χ1) is 7.08. The number of epoxide rings is 1. The van der Waals surface area contributed by atoms with E-state index in [1.807, 2.05) is 20.8 Å². The molecule has 1 aliphatic heterocycles. The second kappa shape index (κ2) is 3.48. The van der Waals surface area contributed by atoms with Crippen LogP contribution in [0.3, 0.4) is 0 Å². The molecule has 0 N–H and O–H groups in total. The van der Waals surface area contributed by atoms with Gasteiger partial charge in [-0.05, 0) is 32.6 Å². The zero-order valence-electron chi connectivity index (χ0n) is 9.84. The van der Waals surface area contributed by atoms with E-state index in [1.165, 1.54) is 12.8 Å². The summed E-state index contributed by atoms with van der Waals surface area (Å²) in [5, 5.41) is 0. The maximum Gasteiger partial charge on any atom is 0.341 e. The van der Waals surface area contributed by atoms with Gasteiger partial charge in [0, 0.05) is 0 Å². The molecule has 86 valence electrons. The third-order valence-electron chi connectivity index (χ3n) is 3.69. The number of carbonyl (C=O) groups excluding carboxylic acids is 1. The minimum Gasteiger partial charge on any atom is -0.464 e. The topological polar surface area (TPSA) is 38.8 Å².